The molecule has 1 aliphatic rings. The number of rotatable bonds is 5. The molecule has 130 valence electrons. The number of ether oxygens (including phenoxy) is 2. The lowest BCUT2D eigenvalue weighted by Crippen LogP contribution is -2.26. The van der Waals surface area contributed by atoms with Gasteiger partial charge < -0.3 is 14.4 Å². The Morgan fingerprint density at radius 2 is 1.68 bits per heavy atom. The van der Waals surface area contributed by atoms with Gasteiger partial charge in [0.2, 0.25) is 5.91 Å². The number of amides is 1. The fourth-order valence-corrected chi connectivity index (χ4v) is 2.66. The monoisotopic (exact) mass is 339 g/mol. The molecule has 0 unspecified atom stereocenters. The molecule has 2 aromatic carbocycles. The molecule has 0 atom stereocenters. The zero-order valence-electron chi connectivity index (χ0n) is 14.2. The Hall–Kier alpha value is -2.82. The summed E-state index contributed by atoms with van der Waals surface area (Å²) in [6.07, 6.45) is 1.15. The first-order valence-corrected chi connectivity index (χ1v) is 8.39. The number of hydrogen-bond acceptors (Lipinski definition) is 4. The van der Waals surface area contributed by atoms with Gasteiger partial charge in [0, 0.05) is 37.6 Å². The number of para-hydroxylation sites is 1. The van der Waals surface area contributed by atoms with E-state index in [1.54, 1.807) is 30.1 Å². The van der Waals surface area contributed by atoms with Gasteiger partial charge in [-0.3, -0.25) is 9.59 Å². The molecule has 0 aromatic heterocycles. The Morgan fingerprint density at radius 3 is 2.44 bits per heavy atom. The Labute approximate surface area is 147 Å². The third kappa shape index (κ3) is 4.18. The third-order valence-electron chi connectivity index (χ3n) is 4.15. The number of hydrogen-bond donors (Lipinski definition) is 0. The van der Waals surface area contributed by atoms with Gasteiger partial charge in [-0.2, -0.15) is 0 Å². The van der Waals surface area contributed by atoms with Gasteiger partial charge in [0.15, 0.2) is 17.3 Å². The van der Waals surface area contributed by atoms with Crippen molar-refractivity contribution in [3.63, 3.8) is 0 Å². The van der Waals surface area contributed by atoms with E-state index >= 15 is 0 Å². The van der Waals surface area contributed by atoms with E-state index in [2.05, 4.69) is 0 Å². The van der Waals surface area contributed by atoms with E-state index in [0.717, 1.165) is 12.1 Å². The standard InChI is InChI=1S/C20H21NO4/c1-21(16-6-3-2-4-7-16)20(23)11-9-17(22)15-8-10-18-19(14-15)25-13-5-12-24-18/h2-4,6-8,10,14H,5,9,11-13H2,1H3. The van der Waals surface area contributed by atoms with Gasteiger partial charge in [0.1, 0.15) is 0 Å². The minimum atomic E-state index is -0.0890. The van der Waals surface area contributed by atoms with E-state index in [0.29, 0.717) is 30.3 Å². The summed E-state index contributed by atoms with van der Waals surface area (Å²) in [6, 6.07) is 14.6. The summed E-state index contributed by atoms with van der Waals surface area (Å²) in [5.41, 5.74) is 1.36. The number of nitrogens with zero attached hydrogens (tertiary/aromatic N) is 1. The molecule has 0 bridgehead atoms. The van der Waals surface area contributed by atoms with Crippen LogP contribution in [0.4, 0.5) is 5.69 Å². The number of Topliss-reactive ketones (excluding diaryl/α,β-unsaturated/α-hetero) is 1. The first-order chi connectivity index (χ1) is 12.1. The lowest BCUT2D eigenvalue weighted by molar-refractivity contribution is -0.118. The molecule has 1 amide bonds. The van der Waals surface area contributed by atoms with Crippen LogP contribution in [0, 0.1) is 0 Å². The summed E-state index contributed by atoms with van der Waals surface area (Å²) < 4.78 is 11.2. The molecule has 1 aliphatic heterocycles. The van der Waals surface area contributed by atoms with Crippen molar-refractivity contribution in [3.05, 3.63) is 54.1 Å². The molecule has 5 heteroatoms. The van der Waals surface area contributed by atoms with Crippen LogP contribution in [-0.4, -0.2) is 32.0 Å². The van der Waals surface area contributed by atoms with E-state index in [1.165, 1.54) is 0 Å². The minimum Gasteiger partial charge on any atom is -0.490 e. The fourth-order valence-electron chi connectivity index (χ4n) is 2.66. The predicted molar refractivity (Wildman–Crippen MR) is 95.5 cm³/mol. The smallest absolute Gasteiger partial charge is 0.227 e. The van der Waals surface area contributed by atoms with Crippen molar-refractivity contribution < 1.29 is 19.1 Å². The maximum atomic E-state index is 12.4. The van der Waals surface area contributed by atoms with Crippen LogP contribution in [0.1, 0.15) is 29.6 Å². The summed E-state index contributed by atoms with van der Waals surface area (Å²) in [7, 11) is 1.72. The highest BCUT2D eigenvalue weighted by Crippen LogP contribution is 2.30. The predicted octanol–water partition coefficient (Wildman–Crippen LogP) is 3.47. The molecule has 3 rings (SSSR count). The van der Waals surface area contributed by atoms with Gasteiger partial charge in [-0.15, -0.1) is 0 Å². The lowest BCUT2D eigenvalue weighted by atomic mass is 10.1. The van der Waals surface area contributed by atoms with Gasteiger partial charge in [-0.1, -0.05) is 18.2 Å². The first-order valence-electron chi connectivity index (χ1n) is 8.39. The number of carbonyl (C=O) groups excluding carboxylic acids is 2. The van der Waals surface area contributed by atoms with Crippen LogP contribution in [0.15, 0.2) is 48.5 Å². The average molecular weight is 339 g/mol. The van der Waals surface area contributed by atoms with Crippen LogP contribution in [0.5, 0.6) is 11.5 Å². The van der Waals surface area contributed by atoms with Crippen molar-refractivity contribution >= 4 is 17.4 Å². The summed E-state index contributed by atoms with van der Waals surface area (Å²) in [6.45, 7) is 1.19. The molecule has 0 radical (unpaired) electrons. The summed E-state index contributed by atoms with van der Waals surface area (Å²) in [5.74, 6) is 1.09. The van der Waals surface area contributed by atoms with Crippen molar-refractivity contribution in [2.75, 3.05) is 25.2 Å². The van der Waals surface area contributed by atoms with Gasteiger partial charge in [-0.25, -0.2) is 0 Å². The highest BCUT2D eigenvalue weighted by Gasteiger charge is 2.17. The molecule has 1 heterocycles. The van der Waals surface area contributed by atoms with Crippen LogP contribution >= 0.6 is 0 Å². The number of ketones is 1. The maximum absolute atomic E-state index is 12.4. The molecule has 0 spiro atoms. The number of fused-ring (bicyclic) bond motifs is 1. The van der Waals surface area contributed by atoms with Crippen LogP contribution in [0.3, 0.4) is 0 Å². The highest BCUT2D eigenvalue weighted by molar-refractivity contribution is 6.01. The normalized spacial score (nSPS) is 13.0. The molecule has 2 aromatic rings. The summed E-state index contributed by atoms with van der Waals surface area (Å²) >= 11 is 0. The van der Waals surface area contributed by atoms with Crippen molar-refractivity contribution in [1.82, 2.24) is 0 Å². The first kappa shape index (κ1) is 17.0. The number of anilines is 1. The largest absolute Gasteiger partial charge is 0.490 e. The number of carbonyl (C=O) groups is 2. The van der Waals surface area contributed by atoms with Crippen molar-refractivity contribution in [1.29, 1.82) is 0 Å². The molecule has 0 saturated heterocycles. The van der Waals surface area contributed by atoms with E-state index in [1.807, 2.05) is 30.3 Å². The minimum absolute atomic E-state index is 0.0783. The van der Waals surface area contributed by atoms with Crippen LogP contribution in [-0.2, 0) is 4.79 Å². The second-order valence-corrected chi connectivity index (χ2v) is 5.92. The van der Waals surface area contributed by atoms with Crippen molar-refractivity contribution in [3.8, 4) is 11.5 Å². The lowest BCUT2D eigenvalue weighted by Gasteiger charge is -2.17. The van der Waals surface area contributed by atoms with E-state index in [-0.39, 0.29) is 24.5 Å². The Balaban J connectivity index is 1.61. The van der Waals surface area contributed by atoms with E-state index in [4.69, 9.17) is 9.47 Å². The second-order valence-electron chi connectivity index (χ2n) is 5.92. The Kier molecular flexibility index (Phi) is 5.33. The van der Waals surface area contributed by atoms with Crippen molar-refractivity contribution in [2.24, 2.45) is 0 Å². The Morgan fingerprint density at radius 1 is 0.960 bits per heavy atom. The van der Waals surface area contributed by atoms with E-state index < -0.39 is 0 Å². The van der Waals surface area contributed by atoms with Gasteiger partial charge in [0.05, 0.1) is 13.2 Å². The van der Waals surface area contributed by atoms with Crippen LogP contribution < -0.4 is 14.4 Å². The zero-order chi connectivity index (χ0) is 17.6. The van der Waals surface area contributed by atoms with Crippen molar-refractivity contribution in [2.45, 2.75) is 19.3 Å². The van der Waals surface area contributed by atoms with E-state index in [9.17, 15) is 9.59 Å². The summed E-state index contributed by atoms with van der Waals surface area (Å²) in [5, 5.41) is 0. The maximum Gasteiger partial charge on any atom is 0.227 e. The number of benzene rings is 2. The SMILES string of the molecule is CN(C(=O)CCC(=O)c1ccc2c(c1)OCCCO2)c1ccccc1. The topological polar surface area (TPSA) is 55.8 Å². The van der Waals surface area contributed by atoms with Gasteiger partial charge in [-0.05, 0) is 30.3 Å². The van der Waals surface area contributed by atoms with Crippen LogP contribution in [0.2, 0.25) is 0 Å². The molecular weight excluding hydrogens is 318 g/mol. The summed E-state index contributed by atoms with van der Waals surface area (Å²) in [4.78, 5) is 26.3. The molecule has 0 N–H and O–H groups in total. The average Bonchev–Trinajstić information content (AvgIpc) is 2.90. The molecular formula is C20H21NO4. The molecule has 5 nitrogen and oxygen atoms in total. The molecule has 0 saturated carbocycles. The quantitative estimate of drug-likeness (QED) is 0.783. The second kappa shape index (κ2) is 7.83. The van der Waals surface area contributed by atoms with Gasteiger partial charge in [0.25, 0.3) is 0 Å². The molecule has 25 heavy (non-hydrogen) atoms. The molecule has 0 aliphatic carbocycles. The zero-order valence-corrected chi connectivity index (χ0v) is 14.2. The molecule has 0 fully saturated rings. The Bertz CT molecular complexity index is 758. The van der Waals surface area contributed by atoms with Crippen LogP contribution in [0.25, 0.3) is 0 Å². The van der Waals surface area contributed by atoms with Gasteiger partial charge >= 0.3 is 0 Å². The highest BCUT2D eigenvalue weighted by atomic mass is 16.5. The fraction of sp³-hybridized carbons (Fsp3) is 0.300. The third-order valence-corrected chi connectivity index (χ3v) is 4.15.